The van der Waals surface area contributed by atoms with Crippen molar-refractivity contribution < 1.29 is 14.6 Å². The third kappa shape index (κ3) is 5.37. The summed E-state index contributed by atoms with van der Waals surface area (Å²) < 4.78 is 6.04. The monoisotopic (exact) mass is 398 g/mol. The van der Waals surface area contributed by atoms with Crippen LogP contribution < -0.4 is 15.0 Å². The van der Waals surface area contributed by atoms with Gasteiger partial charge in [0.1, 0.15) is 11.6 Å². The average Bonchev–Trinajstić information content (AvgIpc) is 2.67. The minimum Gasteiger partial charge on any atom is -0.491 e. The lowest BCUT2D eigenvalue weighted by Gasteiger charge is -2.32. The summed E-state index contributed by atoms with van der Waals surface area (Å²) >= 11 is 0. The molecule has 7 heteroatoms. The van der Waals surface area contributed by atoms with Gasteiger partial charge in [-0.1, -0.05) is 26.0 Å². The fourth-order valence-corrected chi connectivity index (χ4v) is 3.60. The highest BCUT2D eigenvalue weighted by molar-refractivity contribution is 5.65. The molecule has 156 valence electrons. The molecule has 0 atom stereocenters. The van der Waals surface area contributed by atoms with Crippen molar-refractivity contribution in [3.05, 3.63) is 36.0 Å². The Morgan fingerprint density at radius 2 is 1.93 bits per heavy atom. The Bertz CT molecular complexity index is 846. The second-order valence-electron chi connectivity index (χ2n) is 8.02. The quantitative estimate of drug-likeness (QED) is 0.755. The van der Waals surface area contributed by atoms with Crippen LogP contribution in [-0.2, 0) is 0 Å². The number of hydrogen-bond donors (Lipinski definition) is 2. The van der Waals surface area contributed by atoms with Gasteiger partial charge in [0, 0.05) is 30.9 Å². The van der Waals surface area contributed by atoms with Crippen LogP contribution in [0.25, 0.3) is 11.4 Å². The highest BCUT2D eigenvalue weighted by Gasteiger charge is 2.22. The maximum Gasteiger partial charge on any atom is 0.404 e. The molecule has 0 spiro atoms. The van der Waals surface area contributed by atoms with Gasteiger partial charge in [0.05, 0.1) is 6.10 Å². The number of rotatable bonds is 6. The minimum absolute atomic E-state index is 0.00405. The predicted octanol–water partition coefficient (Wildman–Crippen LogP) is 4.29. The highest BCUT2D eigenvalue weighted by atomic mass is 16.5. The van der Waals surface area contributed by atoms with Gasteiger partial charge in [-0.05, 0) is 50.3 Å². The van der Waals surface area contributed by atoms with Crippen molar-refractivity contribution in [3.63, 3.8) is 0 Å². The van der Waals surface area contributed by atoms with E-state index in [1.165, 1.54) is 5.56 Å². The molecule has 0 bridgehead atoms. The predicted molar refractivity (Wildman–Crippen MR) is 114 cm³/mol. The topological polar surface area (TPSA) is 87.6 Å². The standard InChI is InChI=1S/C22H30N4O3/c1-14(2)18-6-5-16(13-19(18)29-15(3)4)21-23-10-7-20(25-21)26-11-8-17(9-12-26)24-22(27)28/h5-7,10,13-15,17,24H,8-9,11-12H2,1-4H3,(H,27,28). The van der Waals surface area contributed by atoms with E-state index in [1.54, 1.807) is 6.20 Å². The first-order valence-corrected chi connectivity index (χ1v) is 10.2. The zero-order valence-electron chi connectivity index (χ0n) is 17.6. The molecule has 1 saturated heterocycles. The van der Waals surface area contributed by atoms with Crippen LogP contribution in [0.5, 0.6) is 5.75 Å². The van der Waals surface area contributed by atoms with Gasteiger partial charge in [0.25, 0.3) is 0 Å². The second kappa shape index (κ2) is 9.11. The van der Waals surface area contributed by atoms with Crippen LogP contribution in [0.4, 0.5) is 10.6 Å². The Labute approximate surface area is 172 Å². The fourth-order valence-electron chi connectivity index (χ4n) is 3.60. The zero-order valence-corrected chi connectivity index (χ0v) is 17.6. The van der Waals surface area contributed by atoms with Gasteiger partial charge in [0.2, 0.25) is 0 Å². The molecular formula is C22H30N4O3. The number of amides is 1. The van der Waals surface area contributed by atoms with Crippen LogP contribution in [0.15, 0.2) is 30.5 Å². The molecule has 0 saturated carbocycles. The van der Waals surface area contributed by atoms with Crippen LogP contribution in [0.2, 0.25) is 0 Å². The van der Waals surface area contributed by atoms with Gasteiger partial charge < -0.3 is 20.1 Å². The first kappa shape index (κ1) is 20.9. The van der Waals surface area contributed by atoms with Crippen molar-refractivity contribution in [1.82, 2.24) is 15.3 Å². The summed E-state index contributed by atoms with van der Waals surface area (Å²) in [4.78, 5) is 22.2. The van der Waals surface area contributed by atoms with Gasteiger partial charge in [0.15, 0.2) is 5.82 Å². The molecule has 0 unspecified atom stereocenters. The second-order valence-corrected chi connectivity index (χ2v) is 8.02. The molecule has 1 fully saturated rings. The van der Waals surface area contributed by atoms with E-state index >= 15 is 0 Å². The molecular weight excluding hydrogens is 368 g/mol. The lowest BCUT2D eigenvalue weighted by Crippen LogP contribution is -2.44. The summed E-state index contributed by atoms with van der Waals surface area (Å²) in [6.07, 6.45) is 2.44. The molecule has 2 heterocycles. The summed E-state index contributed by atoms with van der Waals surface area (Å²) in [5.41, 5.74) is 2.10. The summed E-state index contributed by atoms with van der Waals surface area (Å²) in [6, 6.07) is 8.07. The van der Waals surface area contributed by atoms with Crippen molar-refractivity contribution in [2.45, 2.75) is 58.6 Å². The molecule has 1 aliphatic heterocycles. The highest BCUT2D eigenvalue weighted by Crippen LogP contribution is 2.32. The van der Waals surface area contributed by atoms with Crippen molar-refractivity contribution in [2.75, 3.05) is 18.0 Å². The van der Waals surface area contributed by atoms with E-state index in [0.717, 1.165) is 43.1 Å². The molecule has 1 aromatic heterocycles. The first-order valence-electron chi connectivity index (χ1n) is 10.2. The summed E-state index contributed by atoms with van der Waals surface area (Å²) in [5.74, 6) is 2.77. The number of nitrogens with one attached hydrogen (secondary N) is 1. The number of carboxylic acid groups (broad SMARTS) is 1. The number of carbonyl (C=O) groups is 1. The largest absolute Gasteiger partial charge is 0.491 e. The SMILES string of the molecule is CC(C)Oc1cc(-c2nccc(N3CCC(NC(=O)O)CC3)n2)ccc1C(C)C. The number of ether oxygens (including phenoxy) is 1. The van der Waals surface area contributed by atoms with Crippen molar-refractivity contribution in [1.29, 1.82) is 0 Å². The molecule has 1 aliphatic rings. The van der Waals surface area contributed by atoms with Crippen LogP contribution in [0.1, 0.15) is 52.0 Å². The molecule has 29 heavy (non-hydrogen) atoms. The molecule has 1 aromatic carbocycles. The molecule has 3 rings (SSSR count). The van der Waals surface area contributed by atoms with E-state index < -0.39 is 6.09 Å². The van der Waals surface area contributed by atoms with Gasteiger partial charge in [-0.2, -0.15) is 0 Å². The molecule has 1 amide bonds. The van der Waals surface area contributed by atoms with Gasteiger partial charge in [-0.25, -0.2) is 14.8 Å². The lowest BCUT2D eigenvalue weighted by molar-refractivity contribution is 0.187. The fraction of sp³-hybridized carbons (Fsp3) is 0.500. The molecule has 7 nitrogen and oxygen atoms in total. The van der Waals surface area contributed by atoms with E-state index in [-0.39, 0.29) is 12.1 Å². The van der Waals surface area contributed by atoms with Crippen LogP contribution in [0.3, 0.4) is 0 Å². The Morgan fingerprint density at radius 3 is 2.55 bits per heavy atom. The normalized spacial score (nSPS) is 15.0. The number of anilines is 1. The molecule has 2 N–H and O–H groups in total. The number of aromatic nitrogens is 2. The molecule has 0 aliphatic carbocycles. The van der Waals surface area contributed by atoms with E-state index in [2.05, 4.69) is 35.1 Å². The van der Waals surface area contributed by atoms with Gasteiger partial charge >= 0.3 is 6.09 Å². The molecule has 2 aromatic rings. The van der Waals surface area contributed by atoms with Crippen LogP contribution in [0, 0.1) is 0 Å². The average molecular weight is 399 g/mol. The molecule has 0 radical (unpaired) electrons. The Balaban J connectivity index is 1.80. The van der Waals surface area contributed by atoms with Crippen molar-refractivity contribution in [2.24, 2.45) is 0 Å². The van der Waals surface area contributed by atoms with Crippen molar-refractivity contribution in [3.8, 4) is 17.1 Å². The smallest absolute Gasteiger partial charge is 0.404 e. The van der Waals surface area contributed by atoms with Crippen LogP contribution >= 0.6 is 0 Å². The summed E-state index contributed by atoms with van der Waals surface area (Å²) in [6.45, 7) is 9.88. The third-order valence-corrected chi connectivity index (χ3v) is 5.04. The van der Waals surface area contributed by atoms with Gasteiger partial charge in [-0.3, -0.25) is 0 Å². The minimum atomic E-state index is -0.961. The summed E-state index contributed by atoms with van der Waals surface area (Å²) in [7, 11) is 0. The van der Waals surface area contributed by atoms with E-state index in [4.69, 9.17) is 14.8 Å². The van der Waals surface area contributed by atoms with Crippen molar-refractivity contribution >= 4 is 11.9 Å². The third-order valence-electron chi connectivity index (χ3n) is 5.04. The maximum atomic E-state index is 10.8. The number of nitrogens with zero attached hydrogens (tertiary/aromatic N) is 3. The van der Waals surface area contributed by atoms with E-state index in [9.17, 15) is 4.79 Å². The lowest BCUT2D eigenvalue weighted by atomic mass is 10.00. The zero-order chi connectivity index (χ0) is 21.0. The van der Waals surface area contributed by atoms with Gasteiger partial charge in [-0.15, -0.1) is 0 Å². The van der Waals surface area contributed by atoms with E-state index in [1.807, 2.05) is 32.0 Å². The van der Waals surface area contributed by atoms with E-state index in [0.29, 0.717) is 11.7 Å². The number of piperidine rings is 1. The Hall–Kier alpha value is -2.83. The van der Waals surface area contributed by atoms with Crippen LogP contribution in [-0.4, -0.2) is 46.4 Å². The Kier molecular flexibility index (Phi) is 6.56. The first-order chi connectivity index (χ1) is 13.8. The number of hydrogen-bond acceptors (Lipinski definition) is 5. The number of benzene rings is 1. The Morgan fingerprint density at radius 1 is 1.21 bits per heavy atom. The maximum absolute atomic E-state index is 10.8. The summed E-state index contributed by atoms with van der Waals surface area (Å²) in [5, 5.41) is 11.5.